The number of nitrogens with one attached hydrogen (secondary N) is 1. The van der Waals surface area contributed by atoms with E-state index in [0.717, 1.165) is 25.0 Å². The average molecular weight is 266 g/mol. The lowest BCUT2D eigenvalue weighted by Crippen LogP contribution is -2.44. The van der Waals surface area contributed by atoms with Gasteiger partial charge in [-0.2, -0.15) is 4.98 Å². The van der Waals surface area contributed by atoms with Gasteiger partial charge in [-0.15, -0.1) is 0 Å². The van der Waals surface area contributed by atoms with Crippen LogP contribution in [0.2, 0.25) is 0 Å². The van der Waals surface area contributed by atoms with Gasteiger partial charge in [0.05, 0.1) is 12.1 Å². The van der Waals surface area contributed by atoms with E-state index in [1.807, 2.05) is 13.0 Å². The molecule has 3 N–H and O–H groups in total. The quantitative estimate of drug-likeness (QED) is 0.756. The first-order valence-corrected chi connectivity index (χ1v) is 7.05. The normalized spacial score (nSPS) is 11.4. The molecule has 1 heterocycles. The van der Waals surface area contributed by atoms with Gasteiger partial charge in [-0.1, -0.05) is 20.8 Å². The van der Waals surface area contributed by atoms with Crippen LogP contribution in [0.3, 0.4) is 0 Å². The van der Waals surface area contributed by atoms with Crippen molar-refractivity contribution < 1.29 is 4.74 Å². The van der Waals surface area contributed by atoms with Gasteiger partial charge in [-0.05, 0) is 26.2 Å². The van der Waals surface area contributed by atoms with Crippen molar-refractivity contribution in [1.82, 2.24) is 9.97 Å². The molecule has 0 spiro atoms. The molecule has 0 aliphatic rings. The molecule has 0 amide bonds. The minimum absolute atomic E-state index is 0.143. The first kappa shape index (κ1) is 15.7. The van der Waals surface area contributed by atoms with Crippen LogP contribution in [0, 0.1) is 6.92 Å². The highest BCUT2D eigenvalue weighted by molar-refractivity contribution is 5.34. The number of rotatable bonds is 8. The number of aryl methyl sites for hydroxylation is 1. The first-order chi connectivity index (χ1) is 9.09. The summed E-state index contributed by atoms with van der Waals surface area (Å²) < 4.78 is 5.57. The molecule has 0 unspecified atom stereocenters. The van der Waals surface area contributed by atoms with Gasteiger partial charge in [0, 0.05) is 18.3 Å². The van der Waals surface area contributed by atoms with Crippen molar-refractivity contribution in [3.8, 4) is 5.88 Å². The van der Waals surface area contributed by atoms with Gasteiger partial charge < -0.3 is 15.8 Å². The predicted molar refractivity (Wildman–Crippen MR) is 78.5 cm³/mol. The number of ether oxygens (including phenoxy) is 1. The van der Waals surface area contributed by atoms with Crippen molar-refractivity contribution in [2.75, 3.05) is 18.5 Å². The molecular weight excluding hydrogens is 240 g/mol. The standard InChI is InChI=1S/C14H26N4O/c1-5-8-19-12-9-11(4)16-13(17-12)18-14(6-2,7-3)10-15/h9H,5-8,10,15H2,1-4H3,(H,16,17,18). The summed E-state index contributed by atoms with van der Waals surface area (Å²) in [7, 11) is 0. The van der Waals surface area contributed by atoms with Crippen LogP contribution in [0.25, 0.3) is 0 Å². The van der Waals surface area contributed by atoms with E-state index < -0.39 is 0 Å². The molecule has 108 valence electrons. The summed E-state index contributed by atoms with van der Waals surface area (Å²) in [6.07, 6.45) is 2.83. The zero-order valence-electron chi connectivity index (χ0n) is 12.5. The maximum atomic E-state index is 5.88. The van der Waals surface area contributed by atoms with Crippen LogP contribution in [0.4, 0.5) is 5.95 Å². The molecule has 0 aromatic carbocycles. The van der Waals surface area contributed by atoms with Gasteiger partial charge in [0.2, 0.25) is 11.8 Å². The van der Waals surface area contributed by atoms with Crippen LogP contribution in [0.15, 0.2) is 6.07 Å². The molecule has 1 rings (SSSR count). The zero-order valence-corrected chi connectivity index (χ0v) is 12.5. The maximum Gasteiger partial charge on any atom is 0.226 e. The number of nitrogens with two attached hydrogens (primary N) is 1. The highest BCUT2D eigenvalue weighted by atomic mass is 16.5. The Balaban J connectivity index is 2.90. The van der Waals surface area contributed by atoms with Gasteiger partial charge in [-0.25, -0.2) is 4.98 Å². The minimum Gasteiger partial charge on any atom is -0.478 e. The number of anilines is 1. The average Bonchev–Trinajstić information content (AvgIpc) is 2.42. The van der Waals surface area contributed by atoms with E-state index in [9.17, 15) is 0 Å². The first-order valence-electron chi connectivity index (χ1n) is 7.05. The Morgan fingerprint density at radius 1 is 1.26 bits per heavy atom. The van der Waals surface area contributed by atoms with Gasteiger partial charge in [-0.3, -0.25) is 0 Å². The fraction of sp³-hybridized carbons (Fsp3) is 0.714. The van der Waals surface area contributed by atoms with Gasteiger partial charge in [0.15, 0.2) is 0 Å². The van der Waals surface area contributed by atoms with Crippen molar-refractivity contribution in [1.29, 1.82) is 0 Å². The van der Waals surface area contributed by atoms with E-state index in [-0.39, 0.29) is 5.54 Å². The molecule has 0 radical (unpaired) electrons. The molecule has 0 saturated carbocycles. The van der Waals surface area contributed by atoms with Crippen molar-refractivity contribution in [2.24, 2.45) is 5.73 Å². The van der Waals surface area contributed by atoms with Crippen LogP contribution in [0.1, 0.15) is 45.7 Å². The summed E-state index contributed by atoms with van der Waals surface area (Å²) in [6, 6.07) is 1.85. The van der Waals surface area contributed by atoms with Crippen molar-refractivity contribution in [3.63, 3.8) is 0 Å². The van der Waals surface area contributed by atoms with E-state index in [2.05, 4.69) is 36.1 Å². The second kappa shape index (κ2) is 7.28. The molecule has 5 heteroatoms. The molecule has 0 aliphatic heterocycles. The number of aromatic nitrogens is 2. The minimum atomic E-state index is -0.143. The third-order valence-corrected chi connectivity index (χ3v) is 3.41. The lowest BCUT2D eigenvalue weighted by molar-refractivity contribution is 0.304. The SMILES string of the molecule is CCCOc1cc(C)nc(NC(CC)(CC)CN)n1. The molecule has 0 bridgehead atoms. The van der Waals surface area contributed by atoms with Crippen LogP contribution >= 0.6 is 0 Å². The van der Waals surface area contributed by atoms with E-state index in [0.29, 0.717) is 25.0 Å². The molecular formula is C14H26N4O. The Bertz CT molecular complexity index is 383. The lowest BCUT2D eigenvalue weighted by Gasteiger charge is -2.31. The third kappa shape index (κ3) is 4.35. The molecule has 1 aromatic rings. The lowest BCUT2D eigenvalue weighted by atomic mass is 9.93. The predicted octanol–water partition coefficient (Wildman–Crippen LogP) is 2.50. The smallest absolute Gasteiger partial charge is 0.226 e. The summed E-state index contributed by atoms with van der Waals surface area (Å²) in [5.41, 5.74) is 6.63. The number of hydrogen-bond acceptors (Lipinski definition) is 5. The van der Waals surface area contributed by atoms with Crippen molar-refractivity contribution in [3.05, 3.63) is 11.8 Å². The molecule has 1 aromatic heterocycles. The number of hydrogen-bond donors (Lipinski definition) is 2. The Kier molecular flexibility index (Phi) is 6.02. The monoisotopic (exact) mass is 266 g/mol. The fourth-order valence-corrected chi connectivity index (χ4v) is 1.88. The van der Waals surface area contributed by atoms with Gasteiger partial charge in [0.25, 0.3) is 0 Å². The fourth-order valence-electron chi connectivity index (χ4n) is 1.88. The Labute approximate surface area is 116 Å². The number of nitrogens with zero attached hydrogens (tertiary/aromatic N) is 2. The molecule has 0 fully saturated rings. The largest absolute Gasteiger partial charge is 0.478 e. The second-order valence-corrected chi connectivity index (χ2v) is 4.84. The Morgan fingerprint density at radius 2 is 1.95 bits per heavy atom. The topological polar surface area (TPSA) is 73.1 Å². The summed E-state index contributed by atoms with van der Waals surface area (Å²) >= 11 is 0. The van der Waals surface area contributed by atoms with Crippen LogP contribution < -0.4 is 15.8 Å². The molecule has 5 nitrogen and oxygen atoms in total. The maximum absolute atomic E-state index is 5.88. The summed E-state index contributed by atoms with van der Waals surface area (Å²) in [5, 5.41) is 3.37. The second-order valence-electron chi connectivity index (χ2n) is 4.84. The Hall–Kier alpha value is -1.36. The molecule has 0 saturated heterocycles. The molecule has 0 aliphatic carbocycles. The molecule has 19 heavy (non-hydrogen) atoms. The van der Waals surface area contributed by atoms with Crippen LogP contribution in [-0.2, 0) is 0 Å². The van der Waals surface area contributed by atoms with Crippen molar-refractivity contribution in [2.45, 2.75) is 52.5 Å². The van der Waals surface area contributed by atoms with E-state index >= 15 is 0 Å². The van der Waals surface area contributed by atoms with E-state index in [1.165, 1.54) is 0 Å². The highest BCUT2D eigenvalue weighted by Crippen LogP contribution is 2.21. The zero-order chi connectivity index (χ0) is 14.3. The van der Waals surface area contributed by atoms with Gasteiger partial charge in [0.1, 0.15) is 0 Å². The van der Waals surface area contributed by atoms with Gasteiger partial charge >= 0.3 is 0 Å². The van der Waals surface area contributed by atoms with E-state index in [4.69, 9.17) is 10.5 Å². The Morgan fingerprint density at radius 3 is 2.47 bits per heavy atom. The summed E-state index contributed by atoms with van der Waals surface area (Å²) in [5.74, 6) is 1.22. The van der Waals surface area contributed by atoms with Crippen LogP contribution in [-0.4, -0.2) is 28.7 Å². The third-order valence-electron chi connectivity index (χ3n) is 3.41. The van der Waals surface area contributed by atoms with Crippen LogP contribution in [0.5, 0.6) is 5.88 Å². The molecule has 0 atom stereocenters. The summed E-state index contributed by atoms with van der Waals surface area (Å²) in [4.78, 5) is 8.81. The summed E-state index contributed by atoms with van der Waals surface area (Å²) in [6.45, 7) is 9.47. The highest BCUT2D eigenvalue weighted by Gasteiger charge is 2.25. The van der Waals surface area contributed by atoms with Crippen molar-refractivity contribution >= 4 is 5.95 Å². The van der Waals surface area contributed by atoms with E-state index in [1.54, 1.807) is 0 Å².